The molecule has 21 heavy (non-hydrogen) atoms. The molecule has 2 N–H and O–H groups in total. The van der Waals surface area contributed by atoms with Crippen molar-refractivity contribution in [2.75, 3.05) is 43.9 Å². The normalized spacial score (nSPS) is 16.2. The van der Waals surface area contributed by atoms with Gasteiger partial charge in [-0.15, -0.1) is 0 Å². The third-order valence-corrected chi connectivity index (χ3v) is 3.76. The molecule has 1 aliphatic rings. The second kappa shape index (κ2) is 5.65. The molecular formula is C15H18FN5. The van der Waals surface area contributed by atoms with Crippen LogP contribution in [0.1, 0.15) is 0 Å². The highest BCUT2D eigenvalue weighted by Crippen LogP contribution is 2.26. The van der Waals surface area contributed by atoms with Gasteiger partial charge in [0, 0.05) is 37.9 Å². The van der Waals surface area contributed by atoms with Gasteiger partial charge in [0.25, 0.3) is 0 Å². The van der Waals surface area contributed by atoms with Gasteiger partial charge >= 0.3 is 0 Å². The molecule has 6 heteroatoms. The first-order valence-electron chi connectivity index (χ1n) is 6.95. The Morgan fingerprint density at radius 2 is 1.90 bits per heavy atom. The molecule has 2 aromatic rings. The van der Waals surface area contributed by atoms with Crippen molar-refractivity contribution in [3.05, 3.63) is 36.3 Å². The Labute approximate surface area is 123 Å². The van der Waals surface area contributed by atoms with Gasteiger partial charge in [0.2, 0.25) is 5.95 Å². The average Bonchev–Trinajstić information content (AvgIpc) is 2.48. The third kappa shape index (κ3) is 2.95. The molecule has 0 saturated carbocycles. The van der Waals surface area contributed by atoms with Crippen LogP contribution in [0.5, 0.6) is 0 Å². The van der Waals surface area contributed by atoms with Gasteiger partial charge in [-0.3, -0.25) is 0 Å². The van der Waals surface area contributed by atoms with Crippen molar-refractivity contribution in [3.8, 4) is 11.3 Å². The van der Waals surface area contributed by atoms with E-state index in [1.165, 1.54) is 6.07 Å². The van der Waals surface area contributed by atoms with E-state index in [-0.39, 0.29) is 11.8 Å². The van der Waals surface area contributed by atoms with Crippen LogP contribution in [0, 0.1) is 5.82 Å². The van der Waals surface area contributed by atoms with Crippen LogP contribution in [-0.2, 0) is 0 Å². The first-order chi connectivity index (χ1) is 10.1. The maximum absolute atomic E-state index is 14.4. The summed E-state index contributed by atoms with van der Waals surface area (Å²) in [5, 5.41) is 0. The molecule has 1 saturated heterocycles. The standard InChI is InChI=1S/C15H18FN5/c1-20-6-8-21(9-7-20)14-3-2-11(10-12(14)16)13-4-5-18-15(17)19-13/h2-5,10H,6-9H2,1H3,(H2,17,18,19). The van der Waals surface area contributed by atoms with Crippen molar-refractivity contribution in [1.82, 2.24) is 14.9 Å². The molecule has 0 amide bonds. The van der Waals surface area contributed by atoms with Crippen LogP contribution in [-0.4, -0.2) is 48.1 Å². The molecule has 3 rings (SSSR count). The van der Waals surface area contributed by atoms with Gasteiger partial charge in [-0.25, -0.2) is 14.4 Å². The molecule has 0 bridgehead atoms. The Kier molecular flexibility index (Phi) is 3.70. The Morgan fingerprint density at radius 3 is 2.57 bits per heavy atom. The highest BCUT2D eigenvalue weighted by atomic mass is 19.1. The molecule has 1 aromatic carbocycles. The predicted octanol–water partition coefficient (Wildman–Crippen LogP) is 1.62. The lowest BCUT2D eigenvalue weighted by molar-refractivity contribution is 0.311. The zero-order valence-corrected chi connectivity index (χ0v) is 12.0. The summed E-state index contributed by atoms with van der Waals surface area (Å²) in [4.78, 5) is 12.3. The molecule has 0 atom stereocenters. The molecule has 1 aliphatic heterocycles. The molecule has 110 valence electrons. The van der Waals surface area contributed by atoms with Crippen LogP contribution >= 0.6 is 0 Å². The van der Waals surface area contributed by atoms with E-state index >= 15 is 0 Å². The van der Waals surface area contributed by atoms with Crippen LogP contribution in [0.25, 0.3) is 11.3 Å². The minimum absolute atomic E-state index is 0.191. The van der Waals surface area contributed by atoms with E-state index in [1.807, 2.05) is 12.1 Å². The monoisotopic (exact) mass is 287 g/mol. The number of aromatic nitrogens is 2. The van der Waals surface area contributed by atoms with Gasteiger partial charge in [-0.05, 0) is 25.2 Å². The van der Waals surface area contributed by atoms with Gasteiger partial charge < -0.3 is 15.5 Å². The van der Waals surface area contributed by atoms with Gasteiger partial charge in [0.15, 0.2) is 0 Å². The molecule has 0 aliphatic carbocycles. The highest BCUT2D eigenvalue weighted by molar-refractivity contribution is 5.64. The lowest BCUT2D eigenvalue weighted by Gasteiger charge is -2.34. The number of benzene rings is 1. The van der Waals surface area contributed by atoms with E-state index < -0.39 is 0 Å². The number of anilines is 2. The molecule has 0 radical (unpaired) electrons. The fraction of sp³-hybridized carbons (Fsp3) is 0.333. The smallest absolute Gasteiger partial charge is 0.220 e. The number of nitrogens with two attached hydrogens (primary N) is 1. The highest BCUT2D eigenvalue weighted by Gasteiger charge is 2.17. The predicted molar refractivity (Wildman–Crippen MR) is 81.5 cm³/mol. The summed E-state index contributed by atoms with van der Waals surface area (Å²) in [5.74, 6) is -0.0368. The quantitative estimate of drug-likeness (QED) is 0.909. The fourth-order valence-corrected chi connectivity index (χ4v) is 2.50. The number of hydrogen-bond acceptors (Lipinski definition) is 5. The lowest BCUT2D eigenvalue weighted by Crippen LogP contribution is -2.44. The lowest BCUT2D eigenvalue weighted by atomic mass is 10.1. The number of halogens is 1. The first-order valence-corrected chi connectivity index (χ1v) is 6.95. The average molecular weight is 287 g/mol. The van der Waals surface area contributed by atoms with Crippen LogP contribution in [0.3, 0.4) is 0 Å². The molecule has 0 unspecified atom stereocenters. The van der Waals surface area contributed by atoms with E-state index in [1.54, 1.807) is 12.3 Å². The summed E-state index contributed by atoms with van der Waals surface area (Å²) >= 11 is 0. The first kappa shape index (κ1) is 13.8. The zero-order valence-electron chi connectivity index (χ0n) is 12.0. The van der Waals surface area contributed by atoms with Crippen molar-refractivity contribution < 1.29 is 4.39 Å². The second-order valence-electron chi connectivity index (χ2n) is 5.26. The number of hydrogen-bond donors (Lipinski definition) is 1. The minimum atomic E-state index is -0.228. The molecule has 5 nitrogen and oxygen atoms in total. The maximum atomic E-state index is 14.4. The van der Waals surface area contributed by atoms with Crippen molar-refractivity contribution in [2.24, 2.45) is 0 Å². The SMILES string of the molecule is CN1CCN(c2ccc(-c3ccnc(N)n3)cc2F)CC1. The number of piperazine rings is 1. The van der Waals surface area contributed by atoms with Crippen LogP contribution < -0.4 is 10.6 Å². The summed E-state index contributed by atoms with van der Waals surface area (Å²) in [7, 11) is 2.08. The van der Waals surface area contributed by atoms with Crippen molar-refractivity contribution >= 4 is 11.6 Å². The molecule has 1 fully saturated rings. The Balaban J connectivity index is 1.86. The third-order valence-electron chi connectivity index (χ3n) is 3.76. The number of rotatable bonds is 2. The van der Waals surface area contributed by atoms with E-state index in [0.717, 1.165) is 26.2 Å². The van der Waals surface area contributed by atoms with Crippen LogP contribution in [0.2, 0.25) is 0 Å². The zero-order chi connectivity index (χ0) is 14.8. The van der Waals surface area contributed by atoms with E-state index in [4.69, 9.17) is 5.73 Å². The van der Waals surface area contributed by atoms with Crippen molar-refractivity contribution in [1.29, 1.82) is 0 Å². The number of nitrogen functional groups attached to an aromatic ring is 1. The molecular weight excluding hydrogens is 269 g/mol. The van der Waals surface area contributed by atoms with Crippen LogP contribution in [0.4, 0.5) is 16.0 Å². The van der Waals surface area contributed by atoms with Crippen molar-refractivity contribution in [3.63, 3.8) is 0 Å². The summed E-state index contributed by atoms with van der Waals surface area (Å²) in [5.41, 5.74) is 7.55. The van der Waals surface area contributed by atoms with Crippen LogP contribution in [0.15, 0.2) is 30.5 Å². The Bertz CT molecular complexity index is 638. The summed E-state index contributed by atoms with van der Waals surface area (Å²) in [6, 6.07) is 6.92. The number of likely N-dealkylation sites (N-methyl/N-ethyl adjacent to an activating group) is 1. The maximum Gasteiger partial charge on any atom is 0.220 e. The minimum Gasteiger partial charge on any atom is -0.368 e. The Hall–Kier alpha value is -2.21. The second-order valence-corrected chi connectivity index (χ2v) is 5.26. The van der Waals surface area contributed by atoms with Gasteiger partial charge in [-0.1, -0.05) is 6.07 Å². The van der Waals surface area contributed by atoms with Crippen molar-refractivity contribution in [2.45, 2.75) is 0 Å². The molecule has 2 heterocycles. The van der Waals surface area contributed by atoms with Gasteiger partial charge in [0.1, 0.15) is 5.82 Å². The van der Waals surface area contributed by atoms with E-state index in [9.17, 15) is 4.39 Å². The fourth-order valence-electron chi connectivity index (χ4n) is 2.50. The van der Waals surface area contributed by atoms with Gasteiger partial charge in [-0.2, -0.15) is 0 Å². The summed E-state index contributed by atoms with van der Waals surface area (Å²) in [6.07, 6.45) is 1.57. The number of nitrogens with zero attached hydrogens (tertiary/aromatic N) is 4. The van der Waals surface area contributed by atoms with E-state index in [2.05, 4.69) is 26.8 Å². The largest absolute Gasteiger partial charge is 0.368 e. The Morgan fingerprint density at radius 1 is 1.14 bits per heavy atom. The van der Waals surface area contributed by atoms with E-state index in [0.29, 0.717) is 16.9 Å². The van der Waals surface area contributed by atoms with Gasteiger partial charge in [0.05, 0.1) is 11.4 Å². The topological polar surface area (TPSA) is 58.3 Å². The summed E-state index contributed by atoms with van der Waals surface area (Å²) < 4.78 is 14.4. The molecule has 1 aromatic heterocycles. The summed E-state index contributed by atoms with van der Waals surface area (Å²) in [6.45, 7) is 3.58. The molecule has 0 spiro atoms.